The molecule has 1 aromatic rings. The van der Waals surface area contributed by atoms with Crippen LogP contribution in [-0.2, 0) is 0 Å². The molecule has 2 heteroatoms. The van der Waals surface area contributed by atoms with E-state index >= 15 is 0 Å². The quantitative estimate of drug-likeness (QED) is 0.768. The predicted octanol–water partition coefficient (Wildman–Crippen LogP) is 5.25. The van der Waals surface area contributed by atoms with Crippen LogP contribution in [0.1, 0.15) is 65.8 Å². The molecule has 18 heavy (non-hydrogen) atoms. The van der Waals surface area contributed by atoms with Gasteiger partial charge < -0.3 is 5.32 Å². The molecular formula is C16H29NS. The number of hydrogen-bond donors (Lipinski definition) is 1. The van der Waals surface area contributed by atoms with Gasteiger partial charge in [-0.1, -0.05) is 40.7 Å². The summed E-state index contributed by atoms with van der Waals surface area (Å²) in [6, 6.07) is 4.85. The Labute approximate surface area is 117 Å². The van der Waals surface area contributed by atoms with Crippen molar-refractivity contribution in [1.29, 1.82) is 0 Å². The average Bonchev–Trinajstić information content (AvgIpc) is 2.62. The fourth-order valence-corrected chi connectivity index (χ4v) is 3.78. The first kappa shape index (κ1) is 15.7. The lowest BCUT2D eigenvalue weighted by atomic mass is 9.81. The van der Waals surface area contributed by atoms with Crippen LogP contribution >= 0.6 is 11.3 Å². The van der Waals surface area contributed by atoms with Gasteiger partial charge >= 0.3 is 0 Å². The van der Waals surface area contributed by atoms with Gasteiger partial charge in [-0.05, 0) is 43.0 Å². The van der Waals surface area contributed by atoms with Crippen LogP contribution in [0.3, 0.4) is 0 Å². The van der Waals surface area contributed by atoms with Gasteiger partial charge in [-0.2, -0.15) is 0 Å². The molecule has 0 bridgehead atoms. The zero-order chi connectivity index (χ0) is 14.0. The van der Waals surface area contributed by atoms with Crippen molar-refractivity contribution in [2.45, 2.75) is 66.5 Å². The van der Waals surface area contributed by atoms with Gasteiger partial charge in [0.05, 0.1) is 0 Å². The molecule has 0 amide bonds. The van der Waals surface area contributed by atoms with E-state index in [1.54, 1.807) is 0 Å². The van der Waals surface area contributed by atoms with Crippen LogP contribution < -0.4 is 5.32 Å². The highest BCUT2D eigenvalue weighted by molar-refractivity contribution is 7.10. The van der Waals surface area contributed by atoms with E-state index in [-0.39, 0.29) is 5.54 Å². The minimum atomic E-state index is 0.164. The van der Waals surface area contributed by atoms with E-state index in [9.17, 15) is 0 Å². The van der Waals surface area contributed by atoms with E-state index in [2.05, 4.69) is 71.3 Å². The second-order valence-electron chi connectivity index (χ2n) is 7.50. The number of nitrogens with one attached hydrogen (secondary N) is 1. The maximum atomic E-state index is 3.86. The molecule has 104 valence electrons. The largest absolute Gasteiger partial charge is 0.304 e. The molecule has 0 aliphatic rings. The summed E-state index contributed by atoms with van der Waals surface area (Å²) in [5.41, 5.74) is 0.519. The molecule has 0 aromatic carbocycles. The van der Waals surface area contributed by atoms with Crippen LogP contribution in [0, 0.1) is 11.3 Å². The minimum absolute atomic E-state index is 0.164. The van der Waals surface area contributed by atoms with Crippen molar-refractivity contribution in [3.63, 3.8) is 0 Å². The molecule has 0 fully saturated rings. The zero-order valence-electron chi connectivity index (χ0n) is 13.0. The standard InChI is InChI=1S/C16H29NS/c1-12(2)14(13-9-8-10-18-13)17-16(6,7)11-15(3,4)5/h8-10,12,14,17H,11H2,1-7H3. The zero-order valence-corrected chi connectivity index (χ0v) is 13.8. The van der Waals surface area contributed by atoms with E-state index in [4.69, 9.17) is 0 Å². The highest BCUT2D eigenvalue weighted by atomic mass is 32.1. The first-order valence-electron chi connectivity index (χ1n) is 6.92. The Morgan fingerprint density at radius 2 is 1.78 bits per heavy atom. The fourth-order valence-electron chi connectivity index (χ4n) is 2.83. The Hall–Kier alpha value is -0.340. The molecule has 1 heterocycles. The third-order valence-electron chi connectivity index (χ3n) is 3.03. The van der Waals surface area contributed by atoms with Gasteiger partial charge in [-0.25, -0.2) is 0 Å². The normalized spacial score (nSPS) is 15.1. The van der Waals surface area contributed by atoms with Crippen molar-refractivity contribution in [2.24, 2.45) is 11.3 Å². The van der Waals surface area contributed by atoms with Crippen molar-refractivity contribution in [3.05, 3.63) is 22.4 Å². The number of hydrogen-bond acceptors (Lipinski definition) is 2. The Kier molecular flexibility index (Phi) is 5.02. The molecule has 1 nitrogen and oxygen atoms in total. The van der Waals surface area contributed by atoms with E-state index < -0.39 is 0 Å². The molecule has 0 saturated carbocycles. The predicted molar refractivity (Wildman–Crippen MR) is 83.2 cm³/mol. The van der Waals surface area contributed by atoms with Crippen LogP contribution in [0.5, 0.6) is 0 Å². The molecule has 0 spiro atoms. The highest BCUT2D eigenvalue weighted by Crippen LogP contribution is 2.32. The SMILES string of the molecule is CC(C)C(NC(C)(C)CC(C)(C)C)c1cccs1. The summed E-state index contributed by atoms with van der Waals surface area (Å²) in [5, 5.41) is 6.03. The van der Waals surface area contributed by atoms with Gasteiger partial charge in [0, 0.05) is 16.5 Å². The molecule has 1 atom stereocenters. The van der Waals surface area contributed by atoms with Crippen LogP contribution in [-0.4, -0.2) is 5.54 Å². The van der Waals surface area contributed by atoms with Crippen molar-refractivity contribution in [3.8, 4) is 0 Å². The monoisotopic (exact) mass is 267 g/mol. The second kappa shape index (κ2) is 5.75. The number of rotatable bonds is 5. The smallest absolute Gasteiger partial charge is 0.0442 e. The maximum absolute atomic E-state index is 3.86. The summed E-state index contributed by atoms with van der Waals surface area (Å²) < 4.78 is 0. The first-order valence-corrected chi connectivity index (χ1v) is 7.80. The van der Waals surface area contributed by atoms with Gasteiger partial charge in [-0.3, -0.25) is 0 Å². The minimum Gasteiger partial charge on any atom is -0.304 e. The van der Waals surface area contributed by atoms with E-state index in [0.29, 0.717) is 17.4 Å². The third kappa shape index (κ3) is 5.11. The molecule has 0 aliphatic heterocycles. The average molecular weight is 267 g/mol. The van der Waals surface area contributed by atoms with Gasteiger partial charge in [0.1, 0.15) is 0 Å². The molecule has 0 saturated heterocycles. The van der Waals surface area contributed by atoms with Crippen LogP contribution in [0.2, 0.25) is 0 Å². The molecule has 1 N–H and O–H groups in total. The second-order valence-corrected chi connectivity index (χ2v) is 8.48. The molecule has 1 aromatic heterocycles. The molecule has 1 unspecified atom stereocenters. The van der Waals surface area contributed by atoms with Gasteiger partial charge in [0.25, 0.3) is 0 Å². The maximum Gasteiger partial charge on any atom is 0.0442 e. The van der Waals surface area contributed by atoms with Gasteiger partial charge in [-0.15, -0.1) is 11.3 Å². The Morgan fingerprint density at radius 3 is 2.17 bits per heavy atom. The summed E-state index contributed by atoms with van der Waals surface area (Å²) in [4.78, 5) is 1.45. The fraction of sp³-hybridized carbons (Fsp3) is 0.750. The molecular weight excluding hydrogens is 238 g/mol. The topological polar surface area (TPSA) is 12.0 Å². The lowest BCUT2D eigenvalue weighted by molar-refractivity contribution is 0.207. The summed E-state index contributed by atoms with van der Waals surface area (Å²) in [6.07, 6.45) is 1.18. The summed E-state index contributed by atoms with van der Waals surface area (Å²) >= 11 is 1.86. The third-order valence-corrected chi connectivity index (χ3v) is 3.99. The van der Waals surface area contributed by atoms with Crippen LogP contribution in [0.4, 0.5) is 0 Å². The highest BCUT2D eigenvalue weighted by Gasteiger charge is 2.29. The Balaban J connectivity index is 2.78. The van der Waals surface area contributed by atoms with Gasteiger partial charge in [0.15, 0.2) is 0 Å². The molecule has 0 aliphatic carbocycles. The van der Waals surface area contributed by atoms with E-state index in [1.807, 2.05) is 11.3 Å². The van der Waals surface area contributed by atoms with Crippen molar-refractivity contribution < 1.29 is 0 Å². The van der Waals surface area contributed by atoms with Crippen LogP contribution in [0.15, 0.2) is 17.5 Å². The summed E-state index contributed by atoms with van der Waals surface area (Å²) in [5.74, 6) is 0.614. The lowest BCUT2D eigenvalue weighted by Crippen LogP contribution is -2.45. The van der Waals surface area contributed by atoms with Crippen molar-refractivity contribution >= 4 is 11.3 Å². The Bertz CT molecular complexity index is 344. The molecule has 1 rings (SSSR count). The van der Waals surface area contributed by atoms with E-state index in [1.165, 1.54) is 11.3 Å². The summed E-state index contributed by atoms with van der Waals surface area (Å²) in [6.45, 7) is 16.2. The molecule has 0 radical (unpaired) electrons. The van der Waals surface area contributed by atoms with Crippen molar-refractivity contribution in [1.82, 2.24) is 5.32 Å². The number of thiophene rings is 1. The van der Waals surface area contributed by atoms with E-state index in [0.717, 1.165) is 0 Å². The summed E-state index contributed by atoms with van der Waals surface area (Å²) in [7, 11) is 0. The Morgan fingerprint density at radius 1 is 1.17 bits per heavy atom. The van der Waals surface area contributed by atoms with Gasteiger partial charge in [0.2, 0.25) is 0 Å². The van der Waals surface area contributed by atoms with Crippen molar-refractivity contribution in [2.75, 3.05) is 0 Å². The lowest BCUT2D eigenvalue weighted by Gasteiger charge is -2.38. The first-order chi connectivity index (χ1) is 8.11. The van der Waals surface area contributed by atoms with Crippen LogP contribution in [0.25, 0.3) is 0 Å².